The zero-order valence-corrected chi connectivity index (χ0v) is 11.2. The summed E-state index contributed by atoms with van der Waals surface area (Å²) >= 11 is 1.80. The molecule has 2 nitrogen and oxygen atoms in total. The van der Waals surface area contributed by atoms with Gasteiger partial charge in [0.1, 0.15) is 0 Å². The molecule has 0 aliphatic carbocycles. The van der Waals surface area contributed by atoms with Gasteiger partial charge in [-0.05, 0) is 19.0 Å². The summed E-state index contributed by atoms with van der Waals surface area (Å²) in [5, 5.41) is 4.52. The van der Waals surface area contributed by atoms with Crippen LogP contribution in [0.2, 0.25) is 0 Å². The molecule has 0 amide bonds. The van der Waals surface area contributed by atoms with E-state index in [1.807, 2.05) is 6.20 Å². The number of nitrogens with zero attached hydrogens (tertiary/aromatic N) is 1. The van der Waals surface area contributed by atoms with Gasteiger partial charge in [-0.2, -0.15) is 0 Å². The highest BCUT2D eigenvalue weighted by atomic mass is 32.1. The Kier molecular flexibility index (Phi) is 4.29. The maximum absolute atomic E-state index is 4.47. The lowest BCUT2D eigenvalue weighted by molar-refractivity contribution is 0.734. The number of hydrogen-bond donors (Lipinski definition) is 1. The Morgan fingerprint density at radius 2 is 2.00 bits per heavy atom. The van der Waals surface area contributed by atoms with Gasteiger partial charge in [-0.3, -0.25) is 0 Å². The molecule has 0 atom stereocenters. The Hall–Kier alpha value is -1.19. The second-order valence-corrected chi connectivity index (χ2v) is 5.36. The summed E-state index contributed by atoms with van der Waals surface area (Å²) < 4.78 is 0. The van der Waals surface area contributed by atoms with Gasteiger partial charge in [0, 0.05) is 24.0 Å². The highest BCUT2D eigenvalue weighted by molar-refractivity contribution is 7.11. The average molecular weight is 246 g/mol. The largest absolute Gasteiger partial charge is 0.312 e. The topological polar surface area (TPSA) is 24.9 Å². The second kappa shape index (κ2) is 5.94. The standard InChI is InChI=1S/C14H18N2S/c1-3-15-9-13-10-16-14(17-13)8-12-6-4-11(2)5-7-12/h4-7,10,15H,3,8-9H2,1-2H3. The number of benzene rings is 1. The van der Waals surface area contributed by atoms with Crippen LogP contribution in [0.5, 0.6) is 0 Å². The van der Waals surface area contributed by atoms with E-state index in [4.69, 9.17) is 0 Å². The Morgan fingerprint density at radius 3 is 2.71 bits per heavy atom. The van der Waals surface area contributed by atoms with Crippen molar-refractivity contribution in [3.05, 3.63) is 51.5 Å². The van der Waals surface area contributed by atoms with Gasteiger partial charge >= 0.3 is 0 Å². The first-order valence-corrected chi connectivity index (χ1v) is 6.79. The fourth-order valence-electron chi connectivity index (χ4n) is 1.64. The van der Waals surface area contributed by atoms with Gasteiger partial charge in [0.2, 0.25) is 0 Å². The molecule has 0 saturated heterocycles. The van der Waals surface area contributed by atoms with Crippen LogP contribution < -0.4 is 5.32 Å². The molecule has 0 aliphatic rings. The molecule has 2 aromatic rings. The molecule has 1 N–H and O–H groups in total. The smallest absolute Gasteiger partial charge is 0.0971 e. The first-order chi connectivity index (χ1) is 8.28. The predicted molar refractivity (Wildman–Crippen MR) is 73.5 cm³/mol. The molecule has 0 radical (unpaired) electrons. The molecule has 1 aromatic heterocycles. The lowest BCUT2D eigenvalue weighted by Gasteiger charge is -1.98. The number of thiazole rings is 1. The van der Waals surface area contributed by atoms with E-state index in [9.17, 15) is 0 Å². The summed E-state index contributed by atoms with van der Waals surface area (Å²) in [4.78, 5) is 5.78. The summed E-state index contributed by atoms with van der Waals surface area (Å²) in [5.41, 5.74) is 2.64. The molecule has 0 unspecified atom stereocenters. The molecular weight excluding hydrogens is 228 g/mol. The Bertz CT molecular complexity index is 459. The SMILES string of the molecule is CCNCc1cnc(Cc2ccc(C)cc2)s1. The zero-order chi connectivity index (χ0) is 12.1. The third-order valence-electron chi connectivity index (χ3n) is 2.63. The van der Waals surface area contributed by atoms with Gasteiger partial charge in [-0.25, -0.2) is 4.98 Å². The number of nitrogens with one attached hydrogen (secondary N) is 1. The van der Waals surface area contributed by atoms with Gasteiger partial charge in [-0.1, -0.05) is 36.8 Å². The Balaban J connectivity index is 1.98. The van der Waals surface area contributed by atoms with E-state index in [0.717, 1.165) is 19.5 Å². The van der Waals surface area contributed by atoms with Crippen LogP contribution >= 0.6 is 11.3 Å². The normalized spacial score (nSPS) is 10.7. The third-order valence-corrected chi connectivity index (χ3v) is 3.62. The molecule has 90 valence electrons. The molecule has 0 bridgehead atoms. The monoisotopic (exact) mass is 246 g/mol. The minimum absolute atomic E-state index is 0.933. The summed E-state index contributed by atoms with van der Waals surface area (Å²) in [6.45, 7) is 6.17. The fourth-order valence-corrected chi connectivity index (χ4v) is 2.57. The number of rotatable bonds is 5. The lowest BCUT2D eigenvalue weighted by Crippen LogP contribution is -2.10. The van der Waals surface area contributed by atoms with Crippen LogP contribution in [0.4, 0.5) is 0 Å². The summed E-state index contributed by atoms with van der Waals surface area (Å²) in [6.07, 6.45) is 2.92. The summed E-state index contributed by atoms with van der Waals surface area (Å²) in [5.74, 6) is 0. The Labute approximate surface area is 107 Å². The minimum Gasteiger partial charge on any atom is -0.312 e. The maximum Gasteiger partial charge on any atom is 0.0971 e. The van der Waals surface area contributed by atoms with Crippen molar-refractivity contribution in [2.75, 3.05) is 6.54 Å². The quantitative estimate of drug-likeness (QED) is 0.876. The molecule has 0 spiro atoms. The van der Waals surface area contributed by atoms with E-state index in [1.165, 1.54) is 21.0 Å². The molecule has 1 heterocycles. The van der Waals surface area contributed by atoms with Crippen molar-refractivity contribution in [3.8, 4) is 0 Å². The number of hydrogen-bond acceptors (Lipinski definition) is 3. The van der Waals surface area contributed by atoms with E-state index >= 15 is 0 Å². The lowest BCUT2D eigenvalue weighted by atomic mass is 10.1. The van der Waals surface area contributed by atoms with Crippen LogP contribution in [0, 0.1) is 6.92 Å². The van der Waals surface area contributed by atoms with Crippen LogP contribution in [-0.4, -0.2) is 11.5 Å². The van der Waals surface area contributed by atoms with E-state index in [-0.39, 0.29) is 0 Å². The van der Waals surface area contributed by atoms with Crippen molar-refractivity contribution in [2.24, 2.45) is 0 Å². The molecule has 0 saturated carbocycles. The summed E-state index contributed by atoms with van der Waals surface area (Å²) in [7, 11) is 0. The molecule has 0 aliphatic heterocycles. The van der Waals surface area contributed by atoms with Crippen molar-refractivity contribution in [2.45, 2.75) is 26.8 Å². The third kappa shape index (κ3) is 3.65. The van der Waals surface area contributed by atoms with Crippen molar-refractivity contribution in [1.82, 2.24) is 10.3 Å². The van der Waals surface area contributed by atoms with Gasteiger partial charge in [0.05, 0.1) is 5.01 Å². The molecule has 0 fully saturated rings. The van der Waals surface area contributed by atoms with Crippen molar-refractivity contribution < 1.29 is 0 Å². The first-order valence-electron chi connectivity index (χ1n) is 5.97. The van der Waals surface area contributed by atoms with Gasteiger partial charge < -0.3 is 5.32 Å². The number of aromatic nitrogens is 1. The highest BCUT2D eigenvalue weighted by Crippen LogP contribution is 2.17. The van der Waals surface area contributed by atoms with E-state index in [1.54, 1.807) is 11.3 Å². The molecule has 2 rings (SSSR count). The minimum atomic E-state index is 0.933. The Morgan fingerprint density at radius 1 is 1.24 bits per heavy atom. The fraction of sp³-hybridized carbons (Fsp3) is 0.357. The van der Waals surface area contributed by atoms with Crippen molar-refractivity contribution in [1.29, 1.82) is 0 Å². The first kappa shape index (κ1) is 12.3. The van der Waals surface area contributed by atoms with Crippen LogP contribution in [0.3, 0.4) is 0 Å². The maximum atomic E-state index is 4.47. The average Bonchev–Trinajstić information content (AvgIpc) is 2.77. The summed E-state index contributed by atoms with van der Waals surface area (Å²) in [6, 6.07) is 8.67. The molecular formula is C14H18N2S. The van der Waals surface area contributed by atoms with Crippen molar-refractivity contribution >= 4 is 11.3 Å². The zero-order valence-electron chi connectivity index (χ0n) is 10.4. The van der Waals surface area contributed by atoms with E-state index < -0.39 is 0 Å². The van der Waals surface area contributed by atoms with Crippen LogP contribution in [0.1, 0.15) is 27.9 Å². The molecule has 17 heavy (non-hydrogen) atoms. The van der Waals surface area contributed by atoms with Crippen LogP contribution in [0.15, 0.2) is 30.5 Å². The van der Waals surface area contributed by atoms with Crippen LogP contribution in [0.25, 0.3) is 0 Å². The van der Waals surface area contributed by atoms with Gasteiger partial charge in [0.25, 0.3) is 0 Å². The van der Waals surface area contributed by atoms with Crippen LogP contribution in [-0.2, 0) is 13.0 Å². The van der Waals surface area contributed by atoms with E-state index in [2.05, 4.69) is 48.4 Å². The predicted octanol–water partition coefficient (Wildman–Crippen LogP) is 3.15. The van der Waals surface area contributed by atoms with Crippen molar-refractivity contribution in [3.63, 3.8) is 0 Å². The highest BCUT2D eigenvalue weighted by Gasteiger charge is 2.02. The second-order valence-electron chi connectivity index (χ2n) is 4.16. The van der Waals surface area contributed by atoms with Gasteiger partial charge in [-0.15, -0.1) is 11.3 Å². The molecule has 3 heteroatoms. The van der Waals surface area contributed by atoms with E-state index in [0.29, 0.717) is 0 Å². The van der Waals surface area contributed by atoms with Gasteiger partial charge in [0.15, 0.2) is 0 Å². The molecule has 1 aromatic carbocycles. The number of aryl methyl sites for hydroxylation is 1.